The van der Waals surface area contributed by atoms with Gasteiger partial charge >= 0.3 is 0 Å². The molecule has 1 amide bonds. The molecule has 0 aliphatic carbocycles. The number of aromatic amines is 1. The van der Waals surface area contributed by atoms with E-state index < -0.39 is 6.04 Å². The molecule has 2 aromatic carbocycles. The molecule has 4 rings (SSSR count). The Hall–Kier alpha value is -3.19. The minimum absolute atomic E-state index is 0.00168. The Labute approximate surface area is 173 Å². The normalized spacial score (nSPS) is 15.9. The third kappa shape index (κ3) is 4.52. The minimum atomic E-state index is -0.647. The topological polar surface area (TPSA) is 88.4 Å². The molecule has 0 unspecified atom stereocenters. The number of fused-ring (bicyclic) bond motifs is 1. The van der Waals surface area contributed by atoms with Crippen LogP contribution in [0, 0.1) is 5.82 Å². The molecule has 1 fully saturated rings. The van der Waals surface area contributed by atoms with Crippen molar-refractivity contribution in [3.05, 3.63) is 76.5 Å². The maximum Gasteiger partial charge on any atom is 0.255 e. The van der Waals surface area contributed by atoms with Crippen LogP contribution in [-0.4, -0.2) is 41.0 Å². The maximum absolute atomic E-state index is 13.0. The van der Waals surface area contributed by atoms with E-state index in [0.717, 1.165) is 10.9 Å². The smallest absolute Gasteiger partial charge is 0.255 e. The number of ether oxygens (including phenoxy) is 1. The number of nitrogens with zero attached hydrogens (tertiary/aromatic N) is 1. The number of halogens is 1. The van der Waals surface area contributed by atoms with Crippen LogP contribution in [0.1, 0.15) is 18.4 Å². The van der Waals surface area contributed by atoms with Crippen molar-refractivity contribution in [2.45, 2.75) is 31.4 Å². The van der Waals surface area contributed by atoms with Gasteiger partial charge in [-0.05, 0) is 53.8 Å². The molecule has 1 aliphatic rings. The Kier molecular flexibility index (Phi) is 5.81. The van der Waals surface area contributed by atoms with Gasteiger partial charge < -0.3 is 20.4 Å². The zero-order valence-corrected chi connectivity index (χ0v) is 16.5. The number of hydrogen-bond acceptors (Lipinski definition) is 4. The van der Waals surface area contributed by atoms with Gasteiger partial charge in [0.2, 0.25) is 5.91 Å². The van der Waals surface area contributed by atoms with E-state index in [4.69, 9.17) is 10.5 Å². The first kappa shape index (κ1) is 20.1. The lowest BCUT2D eigenvalue weighted by Crippen LogP contribution is -2.49. The highest BCUT2D eigenvalue weighted by Gasteiger charge is 2.27. The van der Waals surface area contributed by atoms with E-state index in [2.05, 4.69) is 4.98 Å². The lowest BCUT2D eigenvalue weighted by molar-refractivity contribution is -0.134. The Bertz CT molecular complexity index is 1090. The van der Waals surface area contributed by atoms with Gasteiger partial charge in [-0.15, -0.1) is 0 Å². The number of aromatic nitrogens is 1. The highest BCUT2D eigenvalue weighted by atomic mass is 19.1. The Morgan fingerprint density at radius 2 is 1.90 bits per heavy atom. The number of hydrogen-bond donors (Lipinski definition) is 2. The summed E-state index contributed by atoms with van der Waals surface area (Å²) in [6, 6.07) is 12.7. The highest BCUT2D eigenvalue weighted by molar-refractivity contribution is 5.83. The summed E-state index contributed by atoms with van der Waals surface area (Å²) in [5.41, 5.74) is 6.81. The molecule has 3 aromatic rings. The molecule has 0 saturated carbocycles. The number of benzene rings is 2. The molecule has 156 valence electrons. The first-order chi connectivity index (χ1) is 14.5. The Morgan fingerprint density at radius 3 is 2.63 bits per heavy atom. The number of nitrogens with one attached hydrogen (secondary N) is 1. The van der Waals surface area contributed by atoms with Crippen molar-refractivity contribution < 1.29 is 13.9 Å². The van der Waals surface area contributed by atoms with Crippen molar-refractivity contribution in [3.8, 4) is 5.75 Å². The van der Waals surface area contributed by atoms with E-state index in [1.54, 1.807) is 35.4 Å². The summed E-state index contributed by atoms with van der Waals surface area (Å²) >= 11 is 0. The van der Waals surface area contributed by atoms with Gasteiger partial charge in [-0.3, -0.25) is 9.59 Å². The molecule has 7 heteroatoms. The van der Waals surface area contributed by atoms with Crippen molar-refractivity contribution in [2.75, 3.05) is 13.1 Å². The first-order valence-electron chi connectivity index (χ1n) is 10.1. The highest BCUT2D eigenvalue weighted by Crippen LogP contribution is 2.23. The molecule has 1 aliphatic heterocycles. The van der Waals surface area contributed by atoms with Crippen molar-refractivity contribution in [2.24, 2.45) is 5.73 Å². The molecule has 1 aromatic heterocycles. The molecular weight excluding hydrogens is 385 g/mol. The Balaban J connectivity index is 1.31. The summed E-state index contributed by atoms with van der Waals surface area (Å²) in [7, 11) is 0. The zero-order valence-electron chi connectivity index (χ0n) is 16.5. The SMILES string of the molecule is N[C@@H](Cc1ccc(F)cc1)C(=O)N1CCC(Oc2ccc3c(=O)[nH]ccc3c2)CC1. The third-order valence-electron chi connectivity index (χ3n) is 5.49. The fourth-order valence-electron chi connectivity index (χ4n) is 3.83. The van der Waals surface area contributed by atoms with Crippen LogP contribution in [0.15, 0.2) is 59.5 Å². The maximum atomic E-state index is 13.0. The van der Waals surface area contributed by atoms with E-state index in [1.165, 1.54) is 12.1 Å². The zero-order chi connectivity index (χ0) is 21.1. The minimum Gasteiger partial charge on any atom is -0.490 e. The van der Waals surface area contributed by atoms with Gasteiger partial charge in [-0.1, -0.05) is 12.1 Å². The van der Waals surface area contributed by atoms with Crippen LogP contribution in [0.2, 0.25) is 0 Å². The molecule has 0 radical (unpaired) electrons. The quantitative estimate of drug-likeness (QED) is 0.678. The van der Waals surface area contributed by atoms with Gasteiger partial charge in [0.15, 0.2) is 0 Å². The molecule has 1 saturated heterocycles. The predicted octanol–water partition coefficient (Wildman–Crippen LogP) is 2.61. The summed E-state index contributed by atoms with van der Waals surface area (Å²) in [6.45, 7) is 1.15. The van der Waals surface area contributed by atoms with Crippen LogP contribution in [0.5, 0.6) is 5.75 Å². The molecule has 1 atom stereocenters. The number of H-pyrrole nitrogens is 1. The van der Waals surface area contributed by atoms with Crippen molar-refractivity contribution in [1.82, 2.24) is 9.88 Å². The van der Waals surface area contributed by atoms with E-state index in [9.17, 15) is 14.0 Å². The number of pyridine rings is 1. The number of nitrogens with two attached hydrogens (primary N) is 1. The van der Waals surface area contributed by atoms with Crippen LogP contribution in [0.25, 0.3) is 10.8 Å². The summed E-state index contributed by atoms with van der Waals surface area (Å²) in [5.74, 6) is 0.313. The van der Waals surface area contributed by atoms with E-state index in [0.29, 0.717) is 43.5 Å². The van der Waals surface area contributed by atoms with Crippen LogP contribution < -0.4 is 16.0 Å². The number of likely N-dealkylation sites (tertiary alicyclic amines) is 1. The average Bonchev–Trinajstić information content (AvgIpc) is 2.75. The summed E-state index contributed by atoms with van der Waals surface area (Å²) in [5, 5.41) is 1.45. The van der Waals surface area contributed by atoms with Crippen LogP contribution in [0.3, 0.4) is 0 Å². The number of piperidine rings is 1. The molecule has 0 spiro atoms. The van der Waals surface area contributed by atoms with Gasteiger partial charge in [0.1, 0.15) is 17.7 Å². The predicted molar refractivity (Wildman–Crippen MR) is 113 cm³/mol. The number of amides is 1. The second-order valence-corrected chi connectivity index (χ2v) is 7.64. The average molecular weight is 409 g/mol. The van der Waals surface area contributed by atoms with E-state index in [-0.39, 0.29) is 23.4 Å². The van der Waals surface area contributed by atoms with Crippen molar-refractivity contribution >= 4 is 16.7 Å². The third-order valence-corrected chi connectivity index (χ3v) is 5.49. The standard InChI is InChI=1S/C23H24FN3O3/c24-17-3-1-15(2-4-17)13-21(25)23(29)27-11-8-18(9-12-27)30-19-5-6-20-16(14-19)7-10-26-22(20)28/h1-7,10,14,18,21H,8-9,11-13,25H2,(H,26,28)/t21-/m0/s1. The molecule has 30 heavy (non-hydrogen) atoms. The first-order valence-corrected chi connectivity index (χ1v) is 10.1. The molecule has 2 heterocycles. The largest absolute Gasteiger partial charge is 0.490 e. The van der Waals surface area contributed by atoms with Gasteiger partial charge in [-0.2, -0.15) is 0 Å². The summed E-state index contributed by atoms with van der Waals surface area (Å²) < 4.78 is 19.1. The van der Waals surface area contributed by atoms with Gasteiger partial charge in [0, 0.05) is 37.5 Å². The second-order valence-electron chi connectivity index (χ2n) is 7.64. The summed E-state index contributed by atoms with van der Waals surface area (Å²) in [4.78, 5) is 28.9. The van der Waals surface area contributed by atoms with Crippen molar-refractivity contribution in [3.63, 3.8) is 0 Å². The fourth-order valence-corrected chi connectivity index (χ4v) is 3.83. The monoisotopic (exact) mass is 409 g/mol. The molecular formula is C23H24FN3O3. The van der Waals surface area contributed by atoms with Crippen LogP contribution in [-0.2, 0) is 11.2 Å². The lowest BCUT2D eigenvalue weighted by atomic mass is 10.0. The lowest BCUT2D eigenvalue weighted by Gasteiger charge is -2.33. The summed E-state index contributed by atoms with van der Waals surface area (Å²) in [6.07, 6.45) is 3.42. The van der Waals surface area contributed by atoms with Crippen LogP contribution in [0.4, 0.5) is 4.39 Å². The number of rotatable bonds is 5. The van der Waals surface area contributed by atoms with Gasteiger partial charge in [0.05, 0.1) is 6.04 Å². The number of carbonyl (C=O) groups excluding carboxylic acids is 1. The second kappa shape index (κ2) is 8.67. The fraction of sp³-hybridized carbons (Fsp3) is 0.304. The molecule has 6 nitrogen and oxygen atoms in total. The van der Waals surface area contributed by atoms with E-state index >= 15 is 0 Å². The van der Waals surface area contributed by atoms with Crippen LogP contribution >= 0.6 is 0 Å². The number of carbonyl (C=O) groups is 1. The van der Waals surface area contributed by atoms with Gasteiger partial charge in [-0.25, -0.2) is 4.39 Å². The molecule has 3 N–H and O–H groups in total. The Morgan fingerprint density at radius 1 is 1.17 bits per heavy atom. The van der Waals surface area contributed by atoms with Crippen molar-refractivity contribution in [1.29, 1.82) is 0 Å². The van der Waals surface area contributed by atoms with E-state index in [1.807, 2.05) is 12.1 Å². The molecule has 0 bridgehead atoms. The van der Waals surface area contributed by atoms with Gasteiger partial charge in [0.25, 0.3) is 5.56 Å².